The highest BCUT2D eigenvalue weighted by Gasteiger charge is 2.20. The van der Waals surface area contributed by atoms with E-state index in [1.807, 2.05) is 56.4 Å². The van der Waals surface area contributed by atoms with Gasteiger partial charge in [-0.1, -0.05) is 36.4 Å². The van der Waals surface area contributed by atoms with Crippen molar-refractivity contribution in [1.29, 1.82) is 0 Å². The Morgan fingerprint density at radius 2 is 1.73 bits per heavy atom. The van der Waals surface area contributed by atoms with E-state index in [4.69, 9.17) is 4.74 Å². The fourth-order valence-corrected chi connectivity index (χ4v) is 4.56. The Balaban J connectivity index is 1.55. The third-order valence-electron chi connectivity index (χ3n) is 6.58. The molecule has 0 saturated carbocycles. The molecule has 3 aromatic carbocycles. The summed E-state index contributed by atoms with van der Waals surface area (Å²) in [7, 11) is 1.30. The summed E-state index contributed by atoms with van der Waals surface area (Å²) in [6.07, 6.45) is 2.25. The number of hydrogen-bond acceptors (Lipinski definition) is 6. The van der Waals surface area contributed by atoms with E-state index in [1.165, 1.54) is 7.11 Å². The average molecular weight is 558 g/mol. The molecule has 4 N–H and O–H groups in total. The van der Waals surface area contributed by atoms with E-state index in [1.54, 1.807) is 30.3 Å². The van der Waals surface area contributed by atoms with Crippen molar-refractivity contribution in [3.8, 4) is 16.9 Å². The zero-order valence-corrected chi connectivity index (χ0v) is 23.4. The molecule has 1 aromatic heterocycles. The van der Waals surface area contributed by atoms with Crippen LogP contribution in [0.2, 0.25) is 0 Å². The quantitative estimate of drug-likeness (QED) is 0.193. The van der Waals surface area contributed by atoms with Crippen LogP contribution in [-0.2, 0) is 16.0 Å². The van der Waals surface area contributed by atoms with Crippen LogP contribution in [0.25, 0.3) is 22.0 Å². The van der Waals surface area contributed by atoms with Crippen LogP contribution in [0, 0.1) is 0 Å². The Kier molecular flexibility index (Phi) is 9.76. The Morgan fingerprint density at radius 3 is 2.49 bits per heavy atom. The number of benzene rings is 3. The molecule has 4 aromatic rings. The minimum atomic E-state index is -0.519. The third kappa shape index (κ3) is 7.52. The highest BCUT2D eigenvalue weighted by atomic mass is 16.5. The van der Waals surface area contributed by atoms with Gasteiger partial charge in [-0.15, -0.1) is 0 Å². The number of rotatable bonds is 12. The molecule has 1 heterocycles. The number of aliphatic hydroxyl groups is 1. The van der Waals surface area contributed by atoms with Gasteiger partial charge < -0.3 is 30.2 Å². The number of nitrogens with one attached hydrogen (secondary N) is 3. The van der Waals surface area contributed by atoms with Gasteiger partial charge in [0.15, 0.2) is 0 Å². The van der Waals surface area contributed by atoms with Crippen LogP contribution in [0.5, 0.6) is 5.75 Å². The van der Waals surface area contributed by atoms with E-state index in [-0.39, 0.29) is 37.5 Å². The standard InChI is InChI=1S/C32H35N3O6/c1-20(2)41-29-12-11-22(21-7-6-8-23(15-21)31(38)33-14-13-30(37)40-3)17-27(29)32(39)35-25(19-36)16-24-18-34-28-10-5-4-9-26(24)28/h4-12,15,17-18,20,25,34,36H,13-14,16,19H2,1-3H3,(H,33,38)(H,35,39)/t25-/m1/s1. The lowest BCUT2D eigenvalue weighted by molar-refractivity contribution is -0.140. The van der Waals surface area contributed by atoms with Crippen molar-refractivity contribution in [3.05, 3.63) is 89.6 Å². The molecule has 0 unspecified atom stereocenters. The second-order valence-electron chi connectivity index (χ2n) is 9.96. The maximum absolute atomic E-state index is 13.6. The lowest BCUT2D eigenvalue weighted by Gasteiger charge is -2.19. The number of para-hydroxylation sites is 1. The van der Waals surface area contributed by atoms with Crippen molar-refractivity contribution >= 4 is 28.7 Å². The van der Waals surface area contributed by atoms with E-state index in [2.05, 4.69) is 20.4 Å². The Hall–Kier alpha value is -4.63. The van der Waals surface area contributed by atoms with Gasteiger partial charge in [-0.25, -0.2) is 0 Å². The van der Waals surface area contributed by atoms with Crippen molar-refractivity contribution in [1.82, 2.24) is 15.6 Å². The van der Waals surface area contributed by atoms with Gasteiger partial charge in [-0.2, -0.15) is 0 Å². The summed E-state index contributed by atoms with van der Waals surface area (Å²) in [5.74, 6) is -0.685. The number of esters is 1. The topological polar surface area (TPSA) is 130 Å². The van der Waals surface area contributed by atoms with Crippen LogP contribution in [-0.4, -0.2) is 60.3 Å². The van der Waals surface area contributed by atoms with E-state index >= 15 is 0 Å². The second-order valence-corrected chi connectivity index (χ2v) is 9.96. The number of aromatic amines is 1. The van der Waals surface area contributed by atoms with E-state index < -0.39 is 12.0 Å². The van der Waals surface area contributed by atoms with Crippen LogP contribution in [0.15, 0.2) is 72.9 Å². The molecule has 0 spiro atoms. The van der Waals surface area contributed by atoms with Gasteiger partial charge in [0.1, 0.15) is 5.75 Å². The first-order valence-electron chi connectivity index (χ1n) is 13.5. The summed E-state index contributed by atoms with van der Waals surface area (Å²) >= 11 is 0. The van der Waals surface area contributed by atoms with Gasteiger partial charge in [0, 0.05) is 29.2 Å². The molecule has 214 valence electrons. The number of aliphatic hydroxyl groups excluding tert-OH is 1. The van der Waals surface area contributed by atoms with Gasteiger partial charge in [0.25, 0.3) is 11.8 Å². The van der Waals surface area contributed by atoms with Gasteiger partial charge >= 0.3 is 5.97 Å². The number of ether oxygens (including phenoxy) is 2. The SMILES string of the molecule is COC(=O)CCNC(=O)c1cccc(-c2ccc(OC(C)C)c(C(=O)N[C@@H](CO)Cc3c[nH]c4ccccc34)c2)c1. The molecule has 0 bridgehead atoms. The number of carbonyl (C=O) groups is 3. The van der Waals surface area contributed by atoms with Crippen molar-refractivity contribution in [2.24, 2.45) is 0 Å². The summed E-state index contributed by atoms with van der Waals surface area (Å²) in [6, 6.07) is 19.7. The van der Waals surface area contributed by atoms with E-state index in [0.29, 0.717) is 28.9 Å². The predicted molar refractivity (Wildman–Crippen MR) is 157 cm³/mol. The molecular weight excluding hydrogens is 522 g/mol. The van der Waals surface area contributed by atoms with Gasteiger partial charge in [-0.05, 0) is 67.3 Å². The first-order valence-corrected chi connectivity index (χ1v) is 13.5. The minimum absolute atomic E-state index is 0.0762. The number of carbonyl (C=O) groups excluding carboxylic acids is 3. The summed E-state index contributed by atoms with van der Waals surface area (Å²) < 4.78 is 10.5. The smallest absolute Gasteiger partial charge is 0.307 e. The molecule has 0 saturated heterocycles. The largest absolute Gasteiger partial charge is 0.490 e. The molecule has 41 heavy (non-hydrogen) atoms. The number of H-pyrrole nitrogens is 1. The number of hydrogen-bond donors (Lipinski definition) is 4. The number of fused-ring (bicyclic) bond motifs is 1. The third-order valence-corrected chi connectivity index (χ3v) is 6.58. The molecule has 2 amide bonds. The number of methoxy groups -OCH3 is 1. The lowest BCUT2D eigenvalue weighted by Crippen LogP contribution is -2.39. The molecule has 9 nitrogen and oxygen atoms in total. The van der Waals surface area contributed by atoms with Crippen LogP contribution in [0.3, 0.4) is 0 Å². The van der Waals surface area contributed by atoms with Crippen LogP contribution in [0.1, 0.15) is 46.5 Å². The van der Waals surface area contributed by atoms with Crippen molar-refractivity contribution in [2.75, 3.05) is 20.3 Å². The molecule has 0 aliphatic rings. The summed E-state index contributed by atoms with van der Waals surface area (Å²) in [4.78, 5) is 40.8. The summed E-state index contributed by atoms with van der Waals surface area (Å²) in [5, 5.41) is 16.8. The monoisotopic (exact) mass is 557 g/mol. The second kappa shape index (κ2) is 13.6. The van der Waals surface area contributed by atoms with Crippen molar-refractivity contribution < 1.29 is 29.0 Å². The fraction of sp³-hybridized carbons (Fsp3) is 0.281. The first-order chi connectivity index (χ1) is 19.8. The van der Waals surface area contributed by atoms with Crippen molar-refractivity contribution in [3.63, 3.8) is 0 Å². The van der Waals surface area contributed by atoms with Gasteiger partial charge in [-0.3, -0.25) is 14.4 Å². The minimum Gasteiger partial charge on any atom is -0.490 e. The van der Waals surface area contributed by atoms with E-state index in [9.17, 15) is 19.5 Å². The van der Waals surface area contributed by atoms with Gasteiger partial charge in [0.05, 0.1) is 37.8 Å². The van der Waals surface area contributed by atoms with E-state index in [0.717, 1.165) is 22.0 Å². The Morgan fingerprint density at radius 1 is 0.951 bits per heavy atom. The zero-order valence-electron chi connectivity index (χ0n) is 23.4. The number of aromatic nitrogens is 1. The maximum atomic E-state index is 13.6. The van der Waals surface area contributed by atoms with Crippen LogP contribution in [0.4, 0.5) is 0 Å². The molecule has 9 heteroatoms. The van der Waals surface area contributed by atoms with Crippen LogP contribution < -0.4 is 15.4 Å². The average Bonchev–Trinajstić information content (AvgIpc) is 3.39. The normalized spacial score (nSPS) is 11.7. The molecule has 4 rings (SSSR count). The van der Waals surface area contributed by atoms with Crippen molar-refractivity contribution in [2.45, 2.75) is 38.8 Å². The fourth-order valence-electron chi connectivity index (χ4n) is 4.56. The lowest BCUT2D eigenvalue weighted by atomic mass is 9.99. The maximum Gasteiger partial charge on any atom is 0.307 e. The highest BCUT2D eigenvalue weighted by molar-refractivity contribution is 5.99. The molecule has 0 aliphatic carbocycles. The van der Waals surface area contributed by atoms with Crippen LogP contribution >= 0.6 is 0 Å². The molecule has 0 radical (unpaired) electrons. The Labute approximate surface area is 238 Å². The summed E-state index contributed by atoms with van der Waals surface area (Å²) in [5.41, 5.74) is 4.17. The summed E-state index contributed by atoms with van der Waals surface area (Å²) in [6.45, 7) is 3.68. The molecule has 1 atom stereocenters. The zero-order chi connectivity index (χ0) is 29.4. The Bertz CT molecular complexity index is 1530. The predicted octanol–water partition coefficient (Wildman–Crippen LogP) is 4.25. The number of amides is 2. The first kappa shape index (κ1) is 29.4. The van der Waals surface area contributed by atoms with Gasteiger partial charge in [0.2, 0.25) is 0 Å². The molecule has 0 aliphatic heterocycles. The highest BCUT2D eigenvalue weighted by Crippen LogP contribution is 2.29. The molecule has 0 fully saturated rings. The molecular formula is C32H35N3O6.